The summed E-state index contributed by atoms with van der Waals surface area (Å²) in [5.41, 5.74) is 0.739. The molecule has 130 valence electrons. The first-order valence-corrected chi connectivity index (χ1v) is 7.64. The fourth-order valence-corrected chi connectivity index (χ4v) is 2.44. The molecule has 0 bridgehead atoms. The number of methoxy groups -OCH3 is 3. The lowest BCUT2D eigenvalue weighted by Crippen LogP contribution is -1.98. The molecule has 1 aromatic carbocycles. The Morgan fingerprint density at radius 1 is 1.20 bits per heavy atom. The number of ether oxygens (including phenoxy) is 3. The third-order valence-corrected chi connectivity index (χ3v) is 3.67. The molecular weight excluding hydrogens is 344 g/mol. The first-order valence-electron chi connectivity index (χ1n) is 7.23. The largest absolute Gasteiger partial charge is 0.493 e. The van der Waals surface area contributed by atoms with Crippen LogP contribution < -0.4 is 14.2 Å². The van der Waals surface area contributed by atoms with E-state index in [1.807, 2.05) is 0 Å². The number of hydrogen-bond donors (Lipinski definition) is 1. The molecule has 2 heterocycles. The van der Waals surface area contributed by atoms with Gasteiger partial charge < -0.3 is 18.6 Å². The van der Waals surface area contributed by atoms with Crippen LogP contribution in [0.2, 0.25) is 0 Å². The number of rotatable bonds is 6. The van der Waals surface area contributed by atoms with E-state index in [-0.39, 0.29) is 0 Å². The van der Waals surface area contributed by atoms with Crippen molar-refractivity contribution in [1.29, 1.82) is 0 Å². The minimum atomic E-state index is 0.343. The van der Waals surface area contributed by atoms with Gasteiger partial charge in [-0.25, -0.2) is 5.10 Å². The Morgan fingerprint density at radius 2 is 1.92 bits per heavy atom. The molecule has 9 heteroatoms. The molecule has 0 aliphatic carbocycles. The van der Waals surface area contributed by atoms with Gasteiger partial charge in [0.15, 0.2) is 17.3 Å². The number of furan rings is 1. The van der Waals surface area contributed by atoms with Gasteiger partial charge >= 0.3 is 0 Å². The van der Waals surface area contributed by atoms with Gasteiger partial charge in [0.25, 0.3) is 0 Å². The normalized spacial score (nSPS) is 11.0. The van der Waals surface area contributed by atoms with Gasteiger partial charge in [-0.15, -0.1) is 5.10 Å². The van der Waals surface area contributed by atoms with Crippen LogP contribution in [0.3, 0.4) is 0 Å². The number of aromatic amines is 1. The zero-order valence-corrected chi connectivity index (χ0v) is 14.7. The molecular formula is C16H16N4O4S. The number of H-pyrrole nitrogens is 1. The summed E-state index contributed by atoms with van der Waals surface area (Å²) in [6.45, 7) is 0. The summed E-state index contributed by atoms with van der Waals surface area (Å²) in [6.07, 6.45) is 3.17. The number of aromatic nitrogens is 3. The zero-order chi connectivity index (χ0) is 17.8. The molecule has 0 fully saturated rings. The number of hydrogen-bond acceptors (Lipinski definition) is 7. The van der Waals surface area contributed by atoms with E-state index in [0.717, 1.165) is 5.56 Å². The maximum atomic E-state index is 5.35. The van der Waals surface area contributed by atoms with Crippen LogP contribution in [-0.2, 0) is 0 Å². The van der Waals surface area contributed by atoms with Crippen LogP contribution in [-0.4, -0.2) is 42.4 Å². The first kappa shape index (κ1) is 16.8. The number of benzene rings is 1. The molecule has 0 saturated heterocycles. The molecule has 1 N–H and O–H groups in total. The second-order valence-corrected chi connectivity index (χ2v) is 5.23. The van der Waals surface area contributed by atoms with Gasteiger partial charge in [0.2, 0.25) is 16.3 Å². The van der Waals surface area contributed by atoms with E-state index in [1.54, 1.807) is 58.1 Å². The first-order chi connectivity index (χ1) is 12.2. The van der Waals surface area contributed by atoms with Crippen molar-refractivity contribution in [3.05, 3.63) is 40.9 Å². The Labute approximate surface area is 148 Å². The lowest BCUT2D eigenvalue weighted by Gasteiger charge is -2.12. The van der Waals surface area contributed by atoms with Gasteiger partial charge in [0.05, 0.1) is 33.8 Å². The van der Waals surface area contributed by atoms with E-state index < -0.39 is 0 Å². The van der Waals surface area contributed by atoms with E-state index in [4.69, 9.17) is 30.8 Å². The highest BCUT2D eigenvalue weighted by molar-refractivity contribution is 7.71. The van der Waals surface area contributed by atoms with Crippen molar-refractivity contribution in [3.8, 4) is 28.8 Å². The molecule has 2 aromatic heterocycles. The van der Waals surface area contributed by atoms with E-state index in [0.29, 0.717) is 33.6 Å². The van der Waals surface area contributed by atoms with E-state index in [1.165, 1.54) is 4.68 Å². The van der Waals surface area contributed by atoms with Crippen molar-refractivity contribution in [2.45, 2.75) is 0 Å². The molecule has 8 nitrogen and oxygen atoms in total. The third-order valence-electron chi connectivity index (χ3n) is 3.40. The monoisotopic (exact) mass is 360 g/mol. The average molecular weight is 360 g/mol. The summed E-state index contributed by atoms with van der Waals surface area (Å²) < 4.78 is 23.1. The Bertz CT molecular complexity index is 918. The highest BCUT2D eigenvalue weighted by Gasteiger charge is 2.13. The molecule has 0 aliphatic heterocycles. The Kier molecular flexibility index (Phi) is 4.85. The van der Waals surface area contributed by atoms with Crippen LogP contribution in [0.4, 0.5) is 0 Å². The minimum absolute atomic E-state index is 0.343. The molecule has 0 aliphatic rings. The van der Waals surface area contributed by atoms with Crippen molar-refractivity contribution >= 4 is 18.4 Å². The van der Waals surface area contributed by atoms with Crippen LogP contribution >= 0.6 is 12.2 Å². The smallest absolute Gasteiger partial charge is 0.219 e. The molecule has 25 heavy (non-hydrogen) atoms. The maximum absolute atomic E-state index is 5.35. The van der Waals surface area contributed by atoms with E-state index in [2.05, 4.69) is 15.3 Å². The quantitative estimate of drug-likeness (QED) is 0.537. The molecule has 0 atom stereocenters. The average Bonchev–Trinajstić information content (AvgIpc) is 3.28. The molecule has 3 rings (SSSR count). The van der Waals surface area contributed by atoms with E-state index in [9.17, 15) is 0 Å². The fraction of sp³-hybridized carbons (Fsp3) is 0.188. The summed E-state index contributed by atoms with van der Waals surface area (Å²) in [5.74, 6) is 2.60. The number of nitrogens with zero attached hydrogens (tertiary/aromatic N) is 3. The predicted molar refractivity (Wildman–Crippen MR) is 94.2 cm³/mol. The third kappa shape index (κ3) is 3.26. The SMILES string of the molecule is COc1cc(C=Nn2c(-c3ccco3)n[nH]c2=S)cc(OC)c1OC. The van der Waals surface area contributed by atoms with Gasteiger partial charge in [-0.05, 0) is 36.5 Å². The van der Waals surface area contributed by atoms with Gasteiger partial charge in [0.1, 0.15) is 0 Å². The van der Waals surface area contributed by atoms with Crippen LogP contribution in [0.5, 0.6) is 17.2 Å². The molecule has 0 amide bonds. The Morgan fingerprint density at radius 3 is 2.48 bits per heavy atom. The number of nitrogens with one attached hydrogen (secondary N) is 1. The molecule has 0 unspecified atom stereocenters. The summed E-state index contributed by atoms with van der Waals surface area (Å²) in [5, 5.41) is 11.2. The van der Waals surface area contributed by atoms with Crippen molar-refractivity contribution in [2.24, 2.45) is 5.10 Å². The highest BCUT2D eigenvalue weighted by Crippen LogP contribution is 2.37. The molecule has 3 aromatic rings. The highest BCUT2D eigenvalue weighted by atomic mass is 32.1. The standard InChI is InChI=1S/C16H16N4O4S/c1-21-12-7-10(8-13(22-2)14(12)23-3)9-17-20-15(18-19-16(20)25)11-5-4-6-24-11/h4-9H,1-3H3,(H,19,25). The zero-order valence-electron chi connectivity index (χ0n) is 13.8. The fourth-order valence-electron chi connectivity index (χ4n) is 2.26. The van der Waals surface area contributed by atoms with Gasteiger partial charge in [0, 0.05) is 5.56 Å². The maximum Gasteiger partial charge on any atom is 0.219 e. The van der Waals surface area contributed by atoms with Gasteiger partial charge in [-0.2, -0.15) is 9.78 Å². The van der Waals surface area contributed by atoms with Gasteiger partial charge in [-0.1, -0.05) is 0 Å². The van der Waals surface area contributed by atoms with E-state index >= 15 is 0 Å². The molecule has 0 radical (unpaired) electrons. The minimum Gasteiger partial charge on any atom is -0.493 e. The topological polar surface area (TPSA) is 86.8 Å². The summed E-state index contributed by atoms with van der Waals surface area (Å²) in [4.78, 5) is 0. The van der Waals surface area contributed by atoms with Crippen LogP contribution in [0.1, 0.15) is 5.56 Å². The summed E-state index contributed by atoms with van der Waals surface area (Å²) in [7, 11) is 4.66. The lowest BCUT2D eigenvalue weighted by molar-refractivity contribution is 0.324. The van der Waals surface area contributed by atoms with Crippen LogP contribution in [0.25, 0.3) is 11.6 Å². The Balaban J connectivity index is 2.01. The molecule has 0 saturated carbocycles. The van der Waals surface area contributed by atoms with Crippen molar-refractivity contribution in [2.75, 3.05) is 21.3 Å². The van der Waals surface area contributed by atoms with Crippen LogP contribution in [0.15, 0.2) is 40.0 Å². The second kappa shape index (κ2) is 7.22. The van der Waals surface area contributed by atoms with Crippen molar-refractivity contribution in [3.63, 3.8) is 0 Å². The van der Waals surface area contributed by atoms with Crippen molar-refractivity contribution in [1.82, 2.24) is 14.9 Å². The predicted octanol–water partition coefficient (Wildman–Crippen LogP) is 3.11. The second-order valence-electron chi connectivity index (χ2n) is 4.84. The van der Waals surface area contributed by atoms with Crippen LogP contribution in [0, 0.1) is 4.77 Å². The van der Waals surface area contributed by atoms with Crippen molar-refractivity contribution < 1.29 is 18.6 Å². The summed E-state index contributed by atoms with van der Waals surface area (Å²) >= 11 is 5.22. The van der Waals surface area contributed by atoms with Gasteiger partial charge in [-0.3, -0.25) is 0 Å². The Hall–Kier alpha value is -3.07. The molecule has 0 spiro atoms. The summed E-state index contributed by atoms with van der Waals surface area (Å²) in [6, 6.07) is 7.10. The lowest BCUT2D eigenvalue weighted by atomic mass is 10.2.